The van der Waals surface area contributed by atoms with E-state index in [0.717, 1.165) is 25.2 Å². The van der Waals surface area contributed by atoms with Crippen molar-refractivity contribution in [2.45, 2.75) is 18.9 Å². The number of para-hydroxylation sites is 1. The minimum Gasteiger partial charge on any atom is -0.333 e. The average molecular weight is 287 g/mol. The maximum Gasteiger partial charge on any atom is 0.249 e. The fourth-order valence-electron chi connectivity index (χ4n) is 3.20. The van der Waals surface area contributed by atoms with Crippen molar-refractivity contribution in [2.24, 2.45) is 5.92 Å². The smallest absolute Gasteiger partial charge is 0.249 e. The Morgan fingerprint density at radius 2 is 2.05 bits per heavy atom. The molecular formula is C16H21N3O2. The van der Waals surface area contributed by atoms with E-state index in [0.29, 0.717) is 13.0 Å². The first-order valence-electron chi connectivity index (χ1n) is 7.52. The Bertz CT molecular complexity index is 526. The average Bonchev–Trinajstić information content (AvgIpc) is 3.16. The van der Waals surface area contributed by atoms with E-state index in [1.54, 1.807) is 16.8 Å². The van der Waals surface area contributed by atoms with Crippen LogP contribution >= 0.6 is 0 Å². The van der Waals surface area contributed by atoms with E-state index in [4.69, 9.17) is 0 Å². The van der Waals surface area contributed by atoms with Crippen molar-refractivity contribution >= 4 is 17.5 Å². The zero-order valence-electron chi connectivity index (χ0n) is 12.3. The van der Waals surface area contributed by atoms with Crippen molar-refractivity contribution in [3.63, 3.8) is 0 Å². The topological polar surface area (TPSA) is 52.7 Å². The molecule has 21 heavy (non-hydrogen) atoms. The lowest BCUT2D eigenvalue weighted by Gasteiger charge is -2.26. The van der Waals surface area contributed by atoms with Crippen LogP contribution in [0.25, 0.3) is 0 Å². The highest BCUT2D eigenvalue weighted by atomic mass is 16.2. The van der Waals surface area contributed by atoms with E-state index in [1.165, 1.54) is 0 Å². The summed E-state index contributed by atoms with van der Waals surface area (Å²) in [4.78, 5) is 28.5. The Labute approximate surface area is 124 Å². The van der Waals surface area contributed by atoms with Crippen molar-refractivity contribution in [2.75, 3.05) is 31.6 Å². The molecule has 1 N–H and O–H groups in total. The van der Waals surface area contributed by atoms with Gasteiger partial charge in [0.1, 0.15) is 6.04 Å². The fraction of sp³-hybridized carbons (Fsp3) is 0.500. The fourth-order valence-corrected chi connectivity index (χ4v) is 3.20. The molecule has 0 aliphatic carbocycles. The van der Waals surface area contributed by atoms with Crippen LogP contribution in [0.15, 0.2) is 30.3 Å². The molecule has 1 aromatic rings. The van der Waals surface area contributed by atoms with Gasteiger partial charge in [-0.3, -0.25) is 9.59 Å². The lowest BCUT2D eigenvalue weighted by Crippen LogP contribution is -2.45. The third kappa shape index (κ3) is 2.65. The predicted octanol–water partition coefficient (Wildman–Crippen LogP) is 0.860. The molecule has 2 atom stereocenters. The number of carbonyl (C=O) groups is 2. The van der Waals surface area contributed by atoms with E-state index < -0.39 is 0 Å². The molecule has 0 aromatic heterocycles. The number of likely N-dealkylation sites (N-methyl/N-ethyl adjacent to an activating group) is 1. The maximum absolute atomic E-state index is 12.6. The molecule has 0 spiro atoms. The Morgan fingerprint density at radius 3 is 2.71 bits per heavy atom. The molecule has 1 aromatic carbocycles. The van der Waals surface area contributed by atoms with Gasteiger partial charge in [0, 0.05) is 25.8 Å². The van der Waals surface area contributed by atoms with Crippen molar-refractivity contribution in [3.05, 3.63) is 30.3 Å². The van der Waals surface area contributed by atoms with E-state index >= 15 is 0 Å². The molecular weight excluding hydrogens is 266 g/mol. The van der Waals surface area contributed by atoms with Gasteiger partial charge in [0.15, 0.2) is 0 Å². The number of amides is 2. The summed E-state index contributed by atoms with van der Waals surface area (Å²) in [6.45, 7) is 2.29. The van der Waals surface area contributed by atoms with Crippen LogP contribution in [0.4, 0.5) is 5.69 Å². The second kappa shape index (κ2) is 5.85. The SMILES string of the molecule is CN(C(=O)C1CCNC1)C1CCN(c2ccccc2)C1=O. The molecule has 2 aliphatic rings. The summed E-state index contributed by atoms with van der Waals surface area (Å²) in [6.07, 6.45) is 1.57. The van der Waals surface area contributed by atoms with Gasteiger partial charge in [0.05, 0.1) is 5.92 Å². The van der Waals surface area contributed by atoms with Crippen LogP contribution in [0.2, 0.25) is 0 Å². The third-order valence-corrected chi connectivity index (χ3v) is 4.47. The zero-order chi connectivity index (χ0) is 14.8. The van der Waals surface area contributed by atoms with Crippen molar-refractivity contribution < 1.29 is 9.59 Å². The second-order valence-corrected chi connectivity index (χ2v) is 5.77. The highest BCUT2D eigenvalue weighted by Crippen LogP contribution is 2.25. The molecule has 3 rings (SSSR count). The summed E-state index contributed by atoms with van der Waals surface area (Å²) in [5, 5.41) is 3.20. The Kier molecular flexibility index (Phi) is 3.92. The first kappa shape index (κ1) is 14.1. The highest BCUT2D eigenvalue weighted by Gasteiger charge is 2.39. The van der Waals surface area contributed by atoms with Crippen LogP contribution in [0.1, 0.15) is 12.8 Å². The Balaban J connectivity index is 1.70. The van der Waals surface area contributed by atoms with Crippen LogP contribution in [-0.2, 0) is 9.59 Å². The summed E-state index contributed by atoms with van der Waals surface area (Å²) >= 11 is 0. The van der Waals surface area contributed by atoms with Crippen molar-refractivity contribution in [3.8, 4) is 0 Å². The number of rotatable bonds is 3. The quantitative estimate of drug-likeness (QED) is 0.897. The van der Waals surface area contributed by atoms with E-state index in [9.17, 15) is 9.59 Å². The Morgan fingerprint density at radius 1 is 1.29 bits per heavy atom. The van der Waals surface area contributed by atoms with E-state index in [2.05, 4.69) is 5.32 Å². The lowest BCUT2D eigenvalue weighted by molar-refractivity contribution is -0.139. The van der Waals surface area contributed by atoms with Crippen LogP contribution < -0.4 is 10.2 Å². The predicted molar refractivity (Wildman–Crippen MR) is 80.9 cm³/mol. The number of anilines is 1. The van der Waals surface area contributed by atoms with Gasteiger partial charge >= 0.3 is 0 Å². The Hall–Kier alpha value is -1.88. The molecule has 112 valence electrons. The number of hydrogen-bond donors (Lipinski definition) is 1. The monoisotopic (exact) mass is 287 g/mol. The van der Waals surface area contributed by atoms with Crippen LogP contribution in [0, 0.1) is 5.92 Å². The lowest BCUT2D eigenvalue weighted by atomic mass is 10.1. The number of nitrogens with one attached hydrogen (secondary N) is 1. The molecule has 2 amide bonds. The first-order valence-corrected chi connectivity index (χ1v) is 7.52. The number of hydrogen-bond acceptors (Lipinski definition) is 3. The number of carbonyl (C=O) groups excluding carboxylic acids is 2. The van der Waals surface area contributed by atoms with Gasteiger partial charge in [0.2, 0.25) is 11.8 Å². The normalized spacial score (nSPS) is 25.4. The third-order valence-electron chi connectivity index (χ3n) is 4.47. The van der Waals surface area contributed by atoms with Gasteiger partial charge in [-0.15, -0.1) is 0 Å². The first-order chi connectivity index (χ1) is 10.2. The van der Waals surface area contributed by atoms with Gasteiger partial charge < -0.3 is 15.1 Å². The van der Waals surface area contributed by atoms with Crippen LogP contribution in [0.3, 0.4) is 0 Å². The minimum atomic E-state index is -0.321. The molecule has 5 nitrogen and oxygen atoms in total. The molecule has 2 aliphatic heterocycles. The molecule has 2 heterocycles. The molecule has 5 heteroatoms. The summed E-state index contributed by atoms with van der Waals surface area (Å²) < 4.78 is 0. The van der Waals surface area contributed by atoms with E-state index in [-0.39, 0.29) is 23.8 Å². The van der Waals surface area contributed by atoms with E-state index in [1.807, 2.05) is 30.3 Å². The molecule has 2 unspecified atom stereocenters. The summed E-state index contributed by atoms with van der Waals surface area (Å²) in [5.74, 6) is 0.143. The summed E-state index contributed by atoms with van der Waals surface area (Å²) in [5.41, 5.74) is 0.911. The summed E-state index contributed by atoms with van der Waals surface area (Å²) in [6, 6.07) is 9.33. The minimum absolute atomic E-state index is 0.0218. The highest BCUT2D eigenvalue weighted by molar-refractivity contribution is 6.01. The van der Waals surface area contributed by atoms with Gasteiger partial charge in [-0.25, -0.2) is 0 Å². The summed E-state index contributed by atoms with van der Waals surface area (Å²) in [7, 11) is 1.76. The zero-order valence-corrected chi connectivity index (χ0v) is 12.3. The molecule has 2 saturated heterocycles. The van der Waals surface area contributed by atoms with Crippen molar-refractivity contribution in [1.82, 2.24) is 10.2 Å². The van der Waals surface area contributed by atoms with Crippen molar-refractivity contribution in [1.29, 1.82) is 0 Å². The molecule has 2 fully saturated rings. The molecule has 0 saturated carbocycles. The van der Waals surface area contributed by atoms with Gasteiger partial charge in [-0.05, 0) is 31.5 Å². The van der Waals surface area contributed by atoms with Gasteiger partial charge in [0.25, 0.3) is 0 Å². The number of nitrogens with zero attached hydrogens (tertiary/aromatic N) is 2. The van der Waals surface area contributed by atoms with Gasteiger partial charge in [-0.1, -0.05) is 18.2 Å². The van der Waals surface area contributed by atoms with Crippen LogP contribution in [0.5, 0.6) is 0 Å². The maximum atomic E-state index is 12.6. The second-order valence-electron chi connectivity index (χ2n) is 5.77. The van der Waals surface area contributed by atoms with Gasteiger partial charge in [-0.2, -0.15) is 0 Å². The van der Waals surface area contributed by atoms with Crippen LogP contribution in [-0.4, -0.2) is 49.4 Å². The molecule has 0 radical (unpaired) electrons. The standard InChI is InChI=1S/C16H21N3O2/c1-18(15(20)12-7-9-17-11-12)14-8-10-19(16(14)21)13-5-3-2-4-6-13/h2-6,12,14,17H,7-11H2,1H3. The largest absolute Gasteiger partial charge is 0.333 e. The molecule has 0 bridgehead atoms. The number of benzene rings is 1.